The van der Waals surface area contributed by atoms with Gasteiger partial charge in [-0.3, -0.25) is 19.1 Å². The van der Waals surface area contributed by atoms with Crippen molar-refractivity contribution >= 4 is 55.9 Å². The standard InChI is InChI=1S/C44H51N5O10S/c1-43(2,3)59-42(53)46-31-17-9-7-5-6-8-14-26-24-44(26,41(52)48-60(54,55)28-20-21-28)47-39(50)33-22-27(25-49(33)40(31)51)57-36-23-32(29-15-10-12-18-34(29)56-4)45-37-30-16-11-13-19-35(30)58-38(36)37/h8,10-16,18-19,23,26-28,31,33H,5-7,9,17,20-22,24-25H2,1-4H3,(H,46,53)(H,47,50)(H,48,52)/b14-8-/t26-,27-,31+,33+,44-/m1/s1. The molecule has 2 aromatic carbocycles. The average molecular weight is 842 g/mol. The Balaban J connectivity index is 1.16. The van der Waals surface area contributed by atoms with E-state index in [4.69, 9.17) is 23.6 Å². The Morgan fingerprint density at radius 1 is 1.00 bits per heavy atom. The average Bonchev–Trinajstić information content (AvgIpc) is 4.10. The van der Waals surface area contributed by atoms with Crippen molar-refractivity contribution in [3.63, 3.8) is 0 Å². The van der Waals surface area contributed by atoms with Crippen LogP contribution in [0.2, 0.25) is 0 Å². The third-order valence-corrected chi connectivity index (χ3v) is 13.3. The van der Waals surface area contributed by atoms with Crippen LogP contribution in [-0.4, -0.2) is 90.3 Å². The van der Waals surface area contributed by atoms with Gasteiger partial charge in [0, 0.05) is 29.4 Å². The molecule has 0 radical (unpaired) electrons. The van der Waals surface area contributed by atoms with E-state index in [1.165, 1.54) is 4.90 Å². The highest BCUT2D eigenvalue weighted by molar-refractivity contribution is 7.91. The predicted octanol–water partition coefficient (Wildman–Crippen LogP) is 5.90. The van der Waals surface area contributed by atoms with Gasteiger partial charge in [0.2, 0.25) is 21.8 Å². The first-order valence-electron chi connectivity index (χ1n) is 20.6. The second-order valence-electron chi connectivity index (χ2n) is 17.2. The van der Waals surface area contributed by atoms with E-state index in [0.29, 0.717) is 71.5 Å². The van der Waals surface area contributed by atoms with Crippen molar-refractivity contribution in [3.05, 3.63) is 66.7 Å². The van der Waals surface area contributed by atoms with Crippen LogP contribution in [0.4, 0.5) is 4.79 Å². The number of methoxy groups -OCH3 is 1. The Labute approximate surface area is 348 Å². The number of pyridine rings is 1. The molecule has 4 amide bonds. The van der Waals surface area contributed by atoms with Gasteiger partial charge in [-0.2, -0.15) is 0 Å². The van der Waals surface area contributed by atoms with Gasteiger partial charge < -0.3 is 34.2 Å². The zero-order valence-corrected chi connectivity index (χ0v) is 35.0. The number of fused-ring (bicyclic) bond motifs is 5. The molecule has 4 aliphatic rings. The molecule has 3 fully saturated rings. The second-order valence-corrected chi connectivity index (χ2v) is 19.1. The van der Waals surface area contributed by atoms with E-state index in [9.17, 15) is 27.6 Å². The number of hydrogen-bond donors (Lipinski definition) is 3. The van der Waals surface area contributed by atoms with E-state index in [-0.39, 0.29) is 19.4 Å². The number of nitrogens with zero attached hydrogens (tertiary/aromatic N) is 2. The molecule has 5 atom stereocenters. The summed E-state index contributed by atoms with van der Waals surface area (Å²) in [7, 11) is -2.34. The van der Waals surface area contributed by atoms with Gasteiger partial charge in [-0.05, 0) is 83.6 Å². The van der Waals surface area contributed by atoms with E-state index in [1.54, 1.807) is 33.9 Å². The predicted molar refractivity (Wildman–Crippen MR) is 222 cm³/mol. The Hall–Kier alpha value is -5.64. The minimum Gasteiger partial charge on any atom is -0.496 e. The number of carbonyl (C=O) groups is 4. The minimum atomic E-state index is -3.92. The van der Waals surface area contributed by atoms with E-state index < -0.39 is 74.3 Å². The molecular weight excluding hydrogens is 791 g/mol. The lowest BCUT2D eigenvalue weighted by molar-refractivity contribution is -0.141. The molecule has 16 heteroatoms. The number of allylic oxidation sites excluding steroid dienone is 1. The topological polar surface area (TPSA) is 195 Å². The Bertz CT molecular complexity index is 2470. The monoisotopic (exact) mass is 841 g/mol. The quantitative estimate of drug-likeness (QED) is 0.179. The maximum atomic E-state index is 14.7. The fourth-order valence-electron chi connectivity index (χ4n) is 8.21. The summed E-state index contributed by atoms with van der Waals surface area (Å²) >= 11 is 0. The molecule has 0 unspecified atom stereocenters. The van der Waals surface area contributed by atoms with E-state index in [1.807, 2.05) is 60.7 Å². The highest BCUT2D eigenvalue weighted by Crippen LogP contribution is 2.46. The first-order chi connectivity index (χ1) is 28.7. The maximum absolute atomic E-state index is 14.7. The van der Waals surface area contributed by atoms with E-state index in [0.717, 1.165) is 18.2 Å². The van der Waals surface area contributed by atoms with Crippen molar-refractivity contribution < 1.29 is 46.2 Å². The van der Waals surface area contributed by atoms with Crippen LogP contribution in [0, 0.1) is 5.92 Å². The number of aromatic nitrogens is 1. The minimum absolute atomic E-state index is 0.00332. The first-order valence-corrected chi connectivity index (χ1v) is 22.2. The highest BCUT2D eigenvalue weighted by Gasteiger charge is 2.62. The van der Waals surface area contributed by atoms with Crippen molar-refractivity contribution in [2.45, 2.75) is 113 Å². The molecule has 4 aromatic rings. The molecule has 1 saturated heterocycles. The number of carbonyl (C=O) groups excluding carboxylic acids is 4. The summed E-state index contributed by atoms with van der Waals surface area (Å²) in [5, 5.41) is 5.79. The van der Waals surface area contributed by atoms with Crippen LogP contribution in [0.5, 0.6) is 11.5 Å². The van der Waals surface area contributed by atoms with Crippen LogP contribution in [0.15, 0.2) is 71.2 Å². The van der Waals surface area contributed by atoms with Crippen molar-refractivity contribution in [1.29, 1.82) is 0 Å². The molecule has 2 aliphatic heterocycles. The van der Waals surface area contributed by atoms with Crippen LogP contribution in [0.1, 0.15) is 78.6 Å². The number of alkyl carbamates (subject to hydrolysis) is 1. The lowest BCUT2D eigenvalue weighted by Crippen LogP contribution is -2.58. The van der Waals surface area contributed by atoms with Crippen molar-refractivity contribution in [2.75, 3.05) is 13.7 Å². The summed E-state index contributed by atoms with van der Waals surface area (Å²) in [5.74, 6) is -1.49. The highest BCUT2D eigenvalue weighted by atomic mass is 32.2. The first kappa shape index (κ1) is 41.1. The van der Waals surface area contributed by atoms with Crippen molar-refractivity contribution in [3.8, 4) is 22.8 Å². The number of benzene rings is 2. The third kappa shape index (κ3) is 8.51. The summed E-state index contributed by atoms with van der Waals surface area (Å²) < 4.78 is 52.4. The fourth-order valence-corrected chi connectivity index (χ4v) is 9.57. The Morgan fingerprint density at radius 3 is 2.53 bits per heavy atom. The van der Waals surface area contributed by atoms with E-state index >= 15 is 0 Å². The molecule has 2 aliphatic carbocycles. The molecule has 0 spiro atoms. The number of para-hydroxylation sites is 2. The van der Waals surface area contributed by atoms with E-state index in [2.05, 4.69) is 15.4 Å². The largest absolute Gasteiger partial charge is 0.496 e. The molecule has 0 bridgehead atoms. The number of sulfonamides is 1. The molecular formula is C44H51N5O10S. The normalized spacial score (nSPS) is 25.6. The fraction of sp³-hybridized carbons (Fsp3) is 0.477. The number of rotatable bonds is 8. The molecule has 2 saturated carbocycles. The Morgan fingerprint density at radius 2 is 1.77 bits per heavy atom. The lowest BCUT2D eigenvalue weighted by atomic mass is 10.0. The summed E-state index contributed by atoms with van der Waals surface area (Å²) in [5.41, 5.74) is 0.411. The molecule has 3 N–H and O–H groups in total. The SMILES string of the molecule is COc1ccccc1-c1cc(O[C@@H]2C[C@H]3C(=O)N[C@]4(C(=O)NS(=O)(=O)C5CC5)C[C@H]4/C=C\CCCCC[C@H](NC(=O)OC(C)(C)C)C(=O)N3C2)c2oc3ccccc3c2n1. The second kappa shape index (κ2) is 16.1. The molecule has 8 rings (SSSR count). The lowest BCUT2D eigenvalue weighted by Gasteiger charge is -2.30. The third-order valence-electron chi connectivity index (χ3n) is 11.5. The molecule has 318 valence electrons. The van der Waals surface area contributed by atoms with Crippen LogP contribution >= 0.6 is 0 Å². The van der Waals surface area contributed by atoms with Crippen molar-refractivity contribution in [2.24, 2.45) is 5.92 Å². The molecule has 60 heavy (non-hydrogen) atoms. The summed E-state index contributed by atoms with van der Waals surface area (Å²) in [4.78, 5) is 62.7. The zero-order valence-electron chi connectivity index (χ0n) is 34.2. The number of furan rings is 1. The van der Waals surface area contributed by atoms with Gasteiger partial charge in [-0.15, -0.1) is 0 Å². The van der Waals surface area contributed by atoms with Gasteiger partial charge in [0.15, 0.2) is 11.3 Å². The molecule has 2 aromatic heterocycles. The van der Waals surface area contributed by atoms with Gasteiger partial charge in [-0.1, -0.05) is 49.3 Å². The molecule has 15 nitrogen and oxygen atoms in total. The summed E-state index contributed by atoms with van der Waals surface area (Å²) in [6, 6.07) is 14.5. The molecule has 4 heterocycles. The van der Waals surface area contributed by atoms with Gasteiger partial charge in [-0.25, -0.2) is 18.2 Å². The van der Waals surface area contributed by atoms with Crippen LogP contribution < -0.4 is 24.8 Å². The maximum Gasteiger partial charge on any atom is 0.408 e. The number of nitrogens with one attached hydrogen (secondary N) is 3. The smallest absolute Gasteiger partial charge is 0.408 e. The number of amides is 4. The van der Waals surface area contributed by atoms with Gasteiger partial charge in [0.25, 0.3) is 5.91 Å². The van der Waals surface area contributed by atoms with Gasteiger partial charge >= 0.3 is 6.09 Å². The number of hydrogen-bond acceptors (Lipinski definition) is 11. The zero-order chi connectivity index (χ0) is 42.4. The van der Waals surface area contributed by atoms with Crippen LogP contribution in [0.3, 0.4) is 0 Å². The van der Waals surface area contributed by atoms with Crippen molar-refractivity contribution in [1.82, 2.24) is 25.2 Å². The number of ether oxygens (including phenoxy) is 3. The Kier molecular flexibility index (Phi) is 11.0. The van der Waals surface area contributed by atoms with Gasteiger partial charge in [0.1, 0.15) is 46.2 Å². The van der Waals surface area contributed by atoms with Crippen LogP contribution in [-0.2, 0) is 29.1 Å². The van der Waals surface area contributed by atoms with Crippen LogP contribution in [0.25, 0.3) is 33.3 Å². The summed E-state index contributed by atoms with van der Waals surface area (Å²) in [6.07, 6.45) is 6.48. The summed E-state index contributed by atoms with van der Waals surface area (Å²) in [6.45, 7) is 5.12. The van der Waals surface area contributed by atoms with Gasteiger partial charge in [0.05, 0.1) is 24.6 Å².